The second-order valence-corrected chi connectivity index (χ2v) is 11.5. The number of benzene rings is 2. The molecule has 0 N–H and O–H groups in total. The third-order valence-electron chi connectivity index (χ3n) is 6.83. The van der Waals surface area contributed by atoms with Crippen LogP contribution in [0.1, 0.15) is 56.7 Å². The molecule has 32 heavy (non-hydrogen) atoms. The van der Waals surface area contributed by atoms with Gasteiger partial charge in [0.15, 0.2) is 0 Å². The van der Waals surface area contributed by atoms with Crippen molar-refractivity contribution < 1.29 is 17.9 Å². The van der Waals surface area contributed by atoms with E-state index in [1.807, 2.05) is 32.9 Å². The Hall–Kier alpha value is -2.05. The van der Waals surface area contributed by atoms with Gasteiger partial charge in [0.05, 0.1) is 22.7 Å². The lowest BCUT2D eigenvalue weighted by molar-refractivity contribution is 0.0496. The molecule has 2 aromatic carbocycles. The van der Waals surface area contributed by atoms with E-state index >= 15 is 0 Å². The minimum Gasteiger partial charge on any atom is -0.493 e. The van der Waals surface area contributed by atoms with Gasteiger partial charge in [-0.2, -0.15) is 0 Å². The molecule has 1 saturated heterocycles. The van der Waals surface area contributed by atoms with Crippen LogP contribution in [-0.2, 0) is 27.6 Å². The lowest BCUT2D eigenvalue weighted by atomic mass is 9.88. The average molecular weight is 458 g/mol. The van der Waals surface area contributed by atoms with Crippen molar-refractivity contribution in [3.63, 3.8) is 0 Å². The van der Waals surface area contributed by atoms with Gasteiger partial charge in [0.2, 0.25) is 0 Å². The van der Waals surface area contributed by atoms with Crippen LogP contribution in [0.15, 0.2) is 41.3 Å². The fraction of sp³-hybridized carbons (Fsp3) is 0.538. The first-order valence-electron chi connectivity index (χ1n) is 11.7. The number of hydrogen-bond donors (Lipinski definition) is 0. The number of ether oxygens (including phenoxy) is 2. The van der Waals surface area contributed by atoms with Gasteiger partial charge in [-0.05, 0) is 99.7 Å². The quantitative estimate of drug-likeness (QED) is 0.592. The summed E-state index contributed by atoms with van der Waals surface area (Å²) in [7, 11) is -3.72. The zero-order chi connectivity index (χ0) is 22.9. The van der Waals surface area contributed by atoms with Gasteiger partial charge in [-0.1, -0.05) is 19.1 Å². The zero-order valence-corrected chi connectivity index (χ0v) is 20.5. The van der Waals surface area contributed by atoms with E-state index in [0.717, 1.165) is 67.9 Å². The number of hydrogen-bond acceptors (Lipinski definition) is 4. The van der Waals surface area contributed by atoms with Crippen molar-refractivity contribution in [1.29, 1.82) is 0 Å². The van der Waals surface area contributed by atoms with Crippen LogP contribution < -0.4 is 9.04 Å². The summed E-state index contributed by atoms with van der Waals surface area (Å²) in [6.45, 7) is 10.3. The molecule has 0 atom stereocenters. The van der Waals surface area contributed by atoms with Gasteiger partial charge in [0.25, 0.3) is 10.0 Å². The summed E-state index contributed by atoms with van der Waals surface area (Å²) in [5, 5.41) is 0. The van der Waals surface area contributed by atoms with E-state index in [1.54, 1.807) is 22.5 Å². The lowest BCUT2D eigenvalue weighted by Crippen LogP contribution is -2.50. The van der Waals surface area contributed by atoms with Gasteiger partial charge in [-0.25, -0.2) is 8.42 Å². The SMILES string of the molecule is CCc1ccc2c(c1)CCC(C)(C)N2S(=O)(=O)c1ccc(OCC2CCOCC2)c(C)c1. The predicted octanol–water partition coefficient (Wildman–Crippen LogP) is 5.28. The van der Waals surface area contributed by atoms with Crippen molar-refractivity contribution in [2.45, 2.75) is 70.2 Å². The predicted molar refractivity (Wildman–Crippen MR) is 128 cm³/mol. The minimum absolute atomic E-state index is 0.314. The fourth-order valence-electron chi connectivity index (χ4n) is 4.75. The van der Waals surface area contributed by atoms with Gasteiger partial charge < -0.3 is 9.47 Å². The van der Waals surface area contributed by atoms with Crippen molar-refractivity contribution >= 4 is 15.7 Å². The minimum atomic E-state index is -3.72. The van der Waals surface area contributed by atoms with E-state index in [2.05, 4.69) is 13.0 Å². The fourth-order valence-corrected chi connectivity index (χ4v) is 6.71. The van der Waals surface area contributed by atoms with Crippen LogP contribution in [0.3, 0.4) is 0 Å². The number of sulfonamides is 1. The van der Waals surface area contributed by atoms with E-state index in [-0.39, 0.29) is 0 Å². The van der Waals surface area contributed by atoms with Crippen LogP contribution in [0, 0.1) is 12.8 Å². The molecule has 2 heterocycles. The number of aryl methyl sites for hydroxylation is 3. The van der Waals surface area contributed by atoms with E-state index in [9.17, 15) is 8.42 Å². The first kappa shape index (κ1) is 23.1. The maximum absolute atomic E-state index is 13.9. The Morgan fingerprint density at radius 1 is 1.12 bits per heavy atom. The van der Waals surface area contributed by atoms with Crippen LogP contribution in [0.4, 0.5) is 5.69 Å². The number of rotatable bonds is 6. The molecule has 174 valence electrons. The highest BCUT2D eigenvalue weighted by molar-refractivity contribution is 7.93. The van der Waals surface area contributed by atoms with Crippen molar-refractivity contribution in [2.24, 2.45) is 5.92 Å². The summed E-state index contributed by atoms with van der Waals surface area (Å²) in [5.41, 5.74) is 3.50. The Morgan fingerprint density at radius 3 is 2.56 bits per heavy atom. The summed E-state index contributed by atoms with van der Waals surface area (Å²) in [6, 6.07) is 11.4. The molecule has 0 bridgehead atoms. The molecule has 4 rings (SSSR count). The largest absolute Gasteiger partial charge is 0.493 e. The molecule has 0 aromatic heterocycles. The molecule has 6 heteroatoms. The standard InChI is InChI=1S/C26H35NO4S/c1-5-20-6-8-24-22(17-20)10-13-26(3,4)27(24)32(28,29)23-7-9-25(19(2)16-23)31-18-21-11-14-30-15-12-21/h6-9,16-17,21H,5,10-15,18H2,1-4H3. The molecule has 0 saturated carbocycles. The molecule has 2 aliphatic rings. The Morgan fingerprint density at radius 2 is 1.88 bits per heavy atom. The van der Waals surface area contributed by atoms with Crippen molar-refractivity contribution in [3.05, 3.63) is 53.1 Å². The highest BCUT2D eigenvalue weighted by atomic mass is 32.2. The van der Waals surface area contributed by atoms with Gasteiger partial charge in [-0.3, -0.25) is 4.31 Å². The average Bonchev–Trinajstić information content (AvgIpc) is 2.77. The van der Waals surface area contributed by atoms with Gasteiger partial charge in [-0.15, -0.1) is 0 Å². The molecule has 1 fully saturated rings. The summed E-state index contributed by atoms with van der Waals surface area (Å²) in [4.78, 5) is 0.314. The molecule has 0 unspecified atom stereocenters. The molecular weight excluding hydrogens is 422 g/mol. The molecule has 0 amide bonds. The zero-order valence-electron chi connectivity index (χ0n) is 19.7. The Bertz CT molecular complexity index is 1070. The third kappa shape index (κ3) is 4.53. The molecule has 5 nitrogen and oxygen atoms in total. The van der Waals surface area contributed by atoms with Crippen LogP contribution in [-0.4, -0.2) is 33.8 Å². The second-order valence-electron chi connectivity index (χ2n) is 9.69. The maximum atomic E-state index is 13.9. The molecular formula is C26H35NO4S. The van der Waals surface area contributed by atoms with E-state index < -0.39 is 15.6 Å². The van der Waals surface area contributed by atoms with Gasteiger partial charge in [0, 0.05) is 13.2 Å². The number of nitrogens with zero attached hydrogens (tertiary/aromatic N) is 1. The highest BCUT2D eigenvalue weighted by Gasteiger charge is 2.41. The smallest absolute Gasteiger partial charge is 0.264 e. The van der Waals surface area contributed by atoms with Crippen LogP contribution >= 0.6 is 0 Å². The van der Waals surface area contributed by atoms with Gasteiger partial charge in [0.1, 0.15) is 5.75 Å². The number of fused-ring (bicyclic) bond motifs is 1. The molecule has 0 radical (unpaired) electrons. The second kappa shape index (κ2) is 9.06. The topological polar surface area (TPSA) is 55.8 Å². The maximum Gasteiger partial charge on any atom is 0.264 e. The first-order valence-corrected chi connectivity index (χ1v) is 13.1. The van der Waals surface area contributed by atoms with Crippen molar-refractivity contribution in [1.82, 2.24) is 0 Å². The summed E-state index contributed by atoms with van der Waals surface area (Å²) >= 11 is 0. The molecule has 0 aliphatic carbocycles. The van der Waals surface area contributed by atoms with Gasteiger partial charge >= 0.3 is 0 Å². The summed E-state index contributed by atoms with van der Waals surface area (Å²) < 4.78 is 40.8. The van der Waals surface area contributed by atoms with Crippen molar-refractivity contribution in [3.8, 4) is 5.75 Å². The van der Waals surface area contributed by atoms with Crippen LogP contribution in [0.5, 0.6) is 5.75 Å². The molecule has 2 aromatic rings. The summed E-state index contributed by atoms with van der Waals surface area (Å²) in [6.07, 6.45) is 4.64. The number of anilines is 1. The molecule has 0 spiro atoms. The third-order valence-corrected chi connectivity index (χ3v) is 8.85. The first-order chi connectivity index (χ1) is 15.2. The lowest BCUT2D eigenvalue weighted by Gasteiger charge is -2.44. The van der Waals surface area contributed by atoms with E-state index in [1.165, 1.54) is 5.56 Å². The normalized spacial score (nSPS) is 18.9. The Labute approximate surface area is 192 Å². The monoisotopic (exact) mass is 457 g/mol. The Balaban J connectivity index is 1.62. The van der Waals surface area contributed by atoms with E-state index in [0.29, 0.717) is 17.4 Å². The van der Waals surface area contributed by atoms with Crippen LogP contribution in [0.25, 0.3) is 0 Å². The van der Waals surface area contributed by atoms with Crippen LogP contribution in [0.2, 0.25) is 0 Å². The highest BCUT2D eigenvalue weighted by Crippen LogP contribution is 2.41. The van der Waals surface area contributed by atoms with E-state index in [4.69, 9.17) is 9.47 Å². The Kier molecular flexibility index (Phi) is 6.55. The summed E-state index contributed by atoms with van der Waals surface area (Å²) in [5.74, 6) is 1.24. The van der Waals surface area contributed by atoms with Crippen molar-refractivity contribution in [2.75, 3.05) is 24.1 Å². The molecule has 2 aliphatic heterocycles.